The first-order valence-electron chi connectivity index (χ1n) is 4.89. The summed E-state index contributed by atoms with van der Waals surface area (Å²) >= 11 is 0. The monoisotopic (exact) mass is 242 g/mol. The van der Waals surface area contributed by atoms with Crippen molar-refractivity contribution >= 4 is 11.6 Å². The van der Waals surface area contributed by atoms with Crippen LogP contribution in [0.5, 0.6) is 0 Å². The average molecular weight is 242 g/mol. The van der Waals surface area contributed by atoms with E-state index >= 15 is 0 Å². The zero-order valence-corrected chi connectivity index (χ0v) is 9.91. The van der Waals surface area contributed by atoms with E-state index in [9.17, 15) is 14.9 Å². The summed E-state index contributed by atoms with van der Waals surface area (Å²) in [4.78, 5) is 23.1. The number of hydrogen-bond donors (Lipinski definition) is 0. The highest BCUT2D eigenvalue weighted by Crippen LogP contribution is 2.17. The molecule has 1 aromatic heterocycles. The highest BCUT2D eigenvalue weighted by atomic mass is 16.6. The molecular weight excluding hydrogens is 228 g/mol. The van der Waals surface area contributed by atoms with Gasteiger partial charge in [-0.1, -0.05) is 0 Å². The maximum absolute atomic E-state index is 11.7. The van der Waals surface area contributed by atoms with Crippen molar-refractivity contribution in [3.63, 3.8) is 0 Å². The third kappa shape index (κ3) is 3.00. The number of ether oxygens (including phenoxy) is 1. The summed E-state index contributed by atoms with van der Waals surface area (Å²) in [7, 11) is 4.55. The molecule has 0 aliphatic rings. The van der Waals surface area contributed by atoms with Crippen LogP contribution in [-0.2, 0) is 11.3 Å². The van der Waals surface area contributed by atoms with Gasteiger partial charge in [-0.3, -0.25) is 19.6 Å². The molecule has 0 radical (unpaired) electrons. The van der Waals surface area contributed by atoms with E-state index < -0.39 is 10.8 Å². The molecule has 0 aliphatic carbocycles. The van der Waals surface area contributed by atoms with Crippen LogP contribution in [0.1, 0.15) is 10.5 Å². The summed E-state index contributed by atoms with van der Waals surface area (Å²) in [6.45, 7) is 0.729. The molecule has 8 nitrogen and oxygen atoms in total. The summed E-state index contributed by atoms with van der Waals surface area (Å²) < 4.78 is 6.17. The molecule has 1 heterocycles. The second-order valence-electron chi connectivity index (χ2n) is 3.58. The molecule has 0 fully saturated rings. The number of methoxy groups -OCH3 is 1. The zero-order chi connectivity index (χ0) is 13.0. The summed E-state index contributed by atoms with van der Waals surface area (Å²) in [5.74, 6) is -0.493. The average Bonchev–Trinajstić information content (AvgIpc) is 2.69. The molecule has 0 saturated carbocycles. The second kappa shape index (κ2) is 5.39. The highest BCUT2D eigenvalue weighted by molar-refractivity contribution is 5.95. The first kappa shape index (κ1) is 13.1. The molecule has 1 amide bonds. The van der Waals surface area contributed by atoms with Crippen molar-refractivity contribution in [2.75, 3.05) is 27.8 Å². The standard InChI is InChI=1S/C9H14N4O4/c1-11(2)9(14)8-7(13(15)16)6-12(10-8)4-5-17-3/h6H,4-5H2,1-3H3. The molecule has 0 atom stereocenters. The predicted octanol–water partition coefficient (Wildman–Crippen LogP) is 0.139. The van der Waals surface area contributed by atoms with Gasteiger partial charge in [0.05, 0.1) is 18.1 Å². The molecule has 94 valence electrons. The lowest BCUT2D eigenvalue weighted by Gasteiger charge is -2.06. The summed E-state index contributed by atoms with van der Waals surface area (Å²) in [5, 5.41) is 14.7. The Bertz CT molecular complexity index is 427. The van der Waals surface area contributed by atoms with Gasteiger partial charge < -0.3 is 9.64 Å². The van der Waals surface area contributed by atoms with E-state index in [0.29, 0.717) is 13.2 Å². The fourth-order valence-electron chi connectivity index (χ4n) is 1.21. The summed E-state index contributed by atoms with van der Waals surface area (Å²) in [5.41, 5.74) is -0.448. The SMILES string of the molecule is COCCn1cc([N+](=O)[O-])c(C(=O)N(C)C)n1. The van der Waals surface area contributed by atoms with Gasteiger partial charge >= 0.3 is 5.69 Å². The van der Waals surface area contributed by atoms with Crippen molar-refractivity contribution in [1.82, 2.24) is 14.7 Å². The minimum absolute atomic E-state index is 0.156. The lowest BCUT2D eigenvalue weighted by molar-refractivity contribution is -0.385. The van der Waals surface area contributed by atoms with Gasteiger partial charge in [-0.25, -0.2) is 0 Å². The number of rotatable bonds is 5. The molecule has 1 aromatic rings. The van der Waals surface area contributed by atoms with E-state index in [0.717, 1.165) is 0 Å². The van der Waals surface area contributed by atoms with E-state index in [1.54, 1.807) is 0 Å². The number of amides is 1. The quantitative estimate of drug-likeness (QED) is 0.541. The van der Waals surface area contributed by atoms with Crippen LogP contribution in [0.3, 0.4) is 0 Å². The Labute approximate surface area is 97.9 Å². The van der Waals surface area contributed by atoms with Crippen LogP contribution in [0.2, 0.25) is 0 Å². The molecule has 0 spiro atoms. The van der Waals surface area contributed by atoms with E-state index in [4.69, 9.17) is 4.74 Å². The lowest BCUT2D eigenvalue weighted by Crippen LogP contribution is -2.23. The van der Waals surface area contributed by atoms with E-state index in [1.165, 1.54) is 37.0 Å². The lowest BCUT2D eigenvalue weighted by atomic mass is 10.3. The van der Waals surface area contributed by atoms with Crippen LogP contribution in [-0.4, -0.2) is 53.3 Å². The minimum Gasteiger partial charge on any atom is -0.383 e. The predicted molar refractivity (Wildman–Crippen MR) is 58.8 cm³/mol. The molecule has 0 saturated heterocycles. The molecule has 0 aliphatic heterocycles. The molecule has 0 unspecified atom stereocenters. The van der Waals surface area contributed by atoms with E-state index in [-0.39, 0.29) is 11.4 Å². The van der Waals surface area contributed by atoms with Crippen molar-refractivity contribution in [3.05, 3.63) is 22.0 Å². The Morgan fingerprint density at radius 3 is 2.76 bits per heavy atom. The van der Waals surface area contributed by atoms with Crippen molar-refractivity contribution in [3.8, 4) is 0 Å². The molecule has 0 N–H and O–H groups in total. The Morgan fingerprint density at radius 1 is 1.65 bits per heavy atom. The molecular formula is C9H14N4O4. The third-order valence-electron chi connectivity index (χ3n) is 2.07. The van der Waals surface area contributed by atoms with Crippen LogP contribution in [0.4, 0.5) is 5.69 Å². The van der Waals surface area contributed by atoms with Crippen LogP contribution >= 0.6 is 0 Å². The third-order valence-corrected chi connectivity index (χ3v) is 2.07. The fourth-order valence-corrected chi connectivity index (χ4v) is 1.21. The van der Waals surface area contributed by atoms with Gasteiger partial charge in [0.25, 0.3) is 5.91 Å². The summed E-state index contributed by atoms with van der Waals surface area (Å²) in [6.07, 6.45) is 1.23. The summed E-state index contributed by atoms with van der Waals surface area (Å²) in [6, 6.07) is 0. The Balaban J connectivity index is 3.05. The molecule has 0 aromatic carbocycles. The number of hydrogen-bond acceptors (Lipinski definition) is 5. The van der Waals surface area contributed by atoms with Gasteiger partial charge in [0.2, 0.25) is 5.69 Å². The highest BCUT2D eigenvalue weighted by Gasteiger charge is 2.26. The van der Waals surface area contributed by atoms with Crippen molar-refractivity contribution in [1.29, 1.82) is 0 Å². The molecule has 17 heavy (non-hydrogen) atoms. The first-order valence-corrected chi connectivity index (χ1v) is 4.89. The van der Waals surface area contributed by atoms with Gasteiger partial charge in [-0.15, -0.1) is 0 Å². The molecule has 0 bridgehead atoms. The number of carbonyl (C=O) groups excluding carboxylic acids is 1. The van der Waals surface area contributed by atoms with Crippen molar-refractivity contribution < 1.29 is 14.5 Å². The van der Waals surface area contributed by atoms with Crippen molar-refractivity contribution in [2.24, 2.45) is 0 Å². The van der Waals surface area contributed by atoms with Gasteiger partial charge in [-0.2, -0.15) is 5.10 Å². The number of nitro groups is 1. The van der Waals surface area contributed by atoms with E-state index in [1.807, 2.05) is 0 Å². The van der Waals surface area contributed by atoms with Gasteiger partial charge in [0.1, 0.15) is 6.20 Å². The molecule has 8 heteroatoms. The van der Waals surface area contributed by atoms with Crippen LogP contribution in [0.25, 0.3) is 0 Å². The van der Waals surface area contributed by atoms with E-state index in [2.05, 4.69) is 5.10 Å². The maximum atomic E-state index is 11.7. The number of carbonyl (C=O) groups is 1. The van der Waals surface area contributed by atoms with Crippen molar-refractivity contribution in [2.45, 2.75) is 6.54 Å². The smallest absolute Gasteiger partial charge is 0.320 e. The fraction of sp³-hybridized carbons (Fsp3) is 0.556. The number of aromatic nitrogens is 2. The van der Waals surface area contributed by atoms with Gasteiger partial charge in [0, 0.05) is 21.2 Å². The van der Waals surface area contributed by atoms with Gasteiger partial charge in [-0.05, 0) is 0 Å². The topological polar surface area (TPSA) is 90.5 Å². The second-order valence-corrected chi connectivity index (χ2v) is 3.58. The maximum Gasteiger partial charge on any atom is 0.320 e. The van der Waals surface area contributed by atoms with Crippen LogP contribution in [0.15, 0.2) is 6.20 Å². The normalized spacial score (nSPS) is 10.3. The zero-order valence-electron chi connectivity index (χ0n) is 9.91. The Hall–Kier alpha value is -1.96. The minimum atomic E-state index is -0.618. The molecule has 1 rings (SSSR count). The number of nitrogens with zero attached hydrogens (tertiary/aromatic N) is 4. The van der Waals surface area contributed by atoms with Crippen LogP contribution < -0.4 is 0 Å². The van der Waals surface area contributed by atoms with Gasteiger partial charge in [0.15, 0.2) is 0 Å². The first-order chi connectivity index (χ1) is 7.97. The largest absolute Gasteiger partial charge is 0.383 e. The Morgan fingerprint density at radius 2 is 2.29 bits per heavy atom. The Kier molecular flexibility index (Phi) is 4.16. The van der Waals surface area contributed by atoms with Crippen LogP contribution in [0, 0.1) is 10.1 Å².